The van der Waals surface area contributed by atoms with Gasteiger partial charge in [0.2, 0.25) is 0 Å². The van der Waals surface area contributed by atoms with Crippen molar-refractivity contribution in [1.82, 2.24) is 19.9 Å². The third kappa shape index (κ3) is 6.67. The lowest BCUT2D eigenvalue weighted by atomic mass is 9.77. The van der Waals surface area contributed by atoms with E-state index < -0.39 is 0 Å². The van der Waals surface area contributed by atoms with Crippen LogP contribution in [0.1, 0.15) is 58.9 Å². The molecule has 8 bridgehead atoms. The lowest BCUT2D eigenvalue weighted by molar-refractivity contribution is -0.0380. The van der Waals surface area contributed by atoms with Crippen molar-refractivity contribution in [1.29, 1.82) is 0 Å². The molecule has 0 amide bonds. The van der Waals surface area contributed by atoms with Gasteiger partial charge in [0.15, 0.2) is 0 Å². The Morgan fingerprint density at radius 3 is 1.63 bits per heavy atom. The maximum Gasteiger partial charge on any atom is 0.0896 e. The molecule has 3 N–H and O–H groups in total. The van der Waals surface area contributed by atoms with Crippen molar-refractivity contribution >= 4 is 68.0 Å². The number of anilines is 1. The van der Waals surface area contributed by atoms with Crippen LogP contribution in [0, 0.1) is 5.92 Å². The Balaban J connectivity index is 1.26. The molecule has 63 heavy (non-hydrogen) atoms. The first-order valence-electron chi connectivity index (χ1n) is 21.7. The van der Waals surface area contributed by atoms with Gasteiger partial charge in [-0.15, -0.1) is 0 Å². The van der Waals surface area contributed by atoms with E-state index in [0.717, 1.165) is 119 Å². The Hall–Kier alpha value is -7.06. The fourth-order valence-corrected chi connectivity index (χ4v) is 10.5. The highest BCUT2D eigenvalue weighted by Gasteiger charge is 2.41. The number of nitrogens with one attached hydrogen (secondary N) is 3. The van der Waals surface area contributed by atoms with Crippen LogP contribution in [-0.4, -0.2) is 26.5 Å². The zero-order chi connectivity index (χ0) is 41.9. The number of aromatic nitrogens is 4. The minimum Gasteiger partial charge on any atom is -0.377 e. The first-order valence-corrected chi connectivity index (χ1v) is 22.5. The lowest BCUT2D eigenvalue weighted by Crippen LogP contribution is -2.36. The van der Waals surface area contributed by atoms with Crippen LogP contribution >= 0.6 is 15.9 Å². The van der Waals surface area contributed by atoms with Gasteiger partial charge in [0, 0.05) is 72.6 Å². The zero-order valence-corrected chi connectivity index (χ0v) is 35.9. The number of hydrogen-bond donors (Lipinski definition) is 3. The van der Waals surface area contributed by atoms with E-state index in [-0.39, 0.29) is 18.1 Å². The average Bonchev–Trinajstić information content (AvgIpc) is 4.18. The maximum atomic E-state index is 6.73. The first-order chi connectivity index (χ1) is 31.1. The highest BCUT2D eigenvalue weighted by atomic mass is 79.9. The van der Waals surface area contributed by atoms with Gasteiger partial charge in [0.1, 0.15) is 0 Å². The second-order valence-electron chi connectivity index (χ2n) is 16.6. The summed E-state index contributed by atoms with van der Waals surface area (Å²) in [6.45, 7) is 0.746. The number of rotatable bonds is 5. The van der Waals surface area contributed by atoms with Crippen LogP contribution in [-0.2, 0) is 4.74 Å². The first kappa shape index (κ1) is 37.7. The number of fused-ring (bicyclic) bond motifs is 11. The Bertz CT molecular complexity index is 3280. The largest absolute Gasteiger partial charge is 0.377 e. The molecular formula is C56H42BrN5O. The molecule has 0 aliphatic carbocycles. The van der Waals surface area contributed by atoms with E-state index in [1.54, 1.807) is 0 Å². The lowest BCUT2D eigenvalue weighted by Gasteiger charge is -2.43. The summed E-state index contributed by atoms with van der Waals surface area (Å²) >= 11 is 3.76. The molecule has 0 saturated carbocycles. The van der Waals surface area contributed by atoms with Crippen LogP contribution in [0.2, 0.25) is 0 Å². The molecule has 0 unspecified atom stereocenters. The summed E-state index contributed by atoms with van der Waals surface area (Å²) in [5.74, 6) is 0.188. The number of benzene rings is 5. The second-order valence-corrected chi connectivity index (χ2v) is 17.6. The van der Waals surface area contributed by atoms with E-state index in [1.807, 2.05) is 0 Å². The highest BCUT2D eigenvalue weighted by Crippen LogP contribution is 2.52. The van der Waals surface area contributed by atoms with Gasteiger partial charge in [-0.3, -0.25) is 0 Å². The minimum absolute atomic E-state index is 0.0468. The topological polar surface area (TPSA) is 78.6 Å². The molecule has 8 aromatic rings. The highest BCUT2D eigenvalue weighted by molar-refractivity contribution is 9.10. The molecular weight excluding hydrogens is 839 g/mol. The second kappa shape index (κ2) is 15.7. The molecule has 3 aromatic heterocycles. The third-order valence-corrected chi connectivity index (χ3v) is 13.4. The molecule has 3 atom stereocenters. The van der Waals surface area contributed by atoms with Crippen molar-refractivity contribution in [3.8, 4) is 44.5 Å². The molecule has 304 valence electrons. The van der Waals surface area contributed by atoms with Crippen LogP contribution in [0.15, 0.2) is 162 Å². The molecule has 5 aromatic carbocycles. The van der Waals surface area contributed by atoms with E-state index in [4.69, 9.17) is 14.7 Å². The van der Waals surface area contributed by atoms with E-state index in [2.05, 4.69) is 213 Å². The SMILES string of the molecule is Brc1ccc2c(c1)[C@@H]1OCCC[C@@H]1[C@H](c1cc3[nH]c1c(-c1ccccc1)c1nc(c(-c4ccccc4)c4nc(c(-c5ccccc5)c5ccc([nH]5)c3-c3ccccc3)C=C4)C=C1)N2. The average molecular weight is 881 g/mol. The quantitative estimate of drug-likeness (QED) is 0.161. The van der Waals surface area contributed by atoms with Crippen molar-refractivity contribution in [3.63, 3.8) is 0 Å². The van der Waals surface area contributed by atoms with Gasteiger partial charge < -0.3 is 20.0 Å². The van der Waals surface area contributed by atoms with Gasteiger partial charge in [-0.2, -0.15) is 0 Å². The van der Waals surface area contributed by atoms with Crippen LogP contribution in [0.4, 0.5) is 5.69 Å². The molecule has 12 rings (SSSR count). The fraction of sp³-hybridized carbons (Fsp3) is 0.107. The number of aromatic amines is 2. The zero-order valence-electron chi connectivity index (χ0n) is 34.4. The molecule has 1 saturated heterocycles. The fourth-order valence-electron chi connectivity index (χ4n) is 10.1. The number of hydrogen-bond acceptors (Lipinski definition) is 4. The summed E-state index contributed by atoms with van der Waals surface area (Å²) in [6.07, 6.45) is 10.6. The van der Waals surface area contributed by atoms with Gasteiger partial charge in [0.05, 0.1) is 40.4 Å². The monoisotopic (exact) mass is 879 g/mol. The molecule has 0 spiro atoms. The standard InChI is InChI=1S/C56H42BrN5O/c57-38-23-24-42-40(32-38)56-39(22-13-31-63-56)54(61-42)41-33-49-52(36-18-9-3-10-19-36)47-28-27-45(59-47)50(34-14-5-1-6-15-34)43-25-26-44(58-43)51(35-16-7-2-8-17-35)46-29-30-48(60-46)53(55(41)62-49)37-20-11-4-12-21-37/h1-12,14-21,23-30,32-33,39,54,56,59,61-62H,13,22,31H2/t39-,54-,56-/m1/s1. The third-order valence-electron chi connectivity index (χ3n) is 12.9. The molecule has 7 heterocycles. The minimum atomic E-state index is -0.0634. The number of ether oxygens (including phenoxy) is 1. The summed E-state index contributed by atoms with van der Waals surface area (Å²) in [7, 11) is 0. The van der Waals surface area contributed by atoms with Gasteiger partial charge >= 0.3 is 0 Å². The van der Waals surface area contributed by atoms with E-state index in [1.165, 1.54) is 11.1 Å². The normalized spacial score (nSPS) is 17.5. The smallest absolute Gasteiger partial charge is 0.0896 e. The van der Waals surface area contributed by atoms with Crippen molar-refractivity contribution < 1.29 is 4.74 Å². The van der Waals surface area contributed by atoms with Crippen molar-refractivity contribution in [2.24, 2.45) is 5.92 Å². The molecule has 4 aliphatic heterocycles. The molecule has 7 heteroatoms. The predicted molar refractivity (Wildman–Crippen MR) is 263 cm³/mol. The predicted octanol–water partition coefficient (Wildman–Crippen LogP) is 14.7. The molecule has 0 radical (unpaired) electrons. The Kier molecular flexibility index (Phi) is 9.38. The van der Waals surface area contributed by atoms with E-state index >= 15 is 0 Å². The Morgan fingerprint density at radius 1 is 0.492 bits per heavy atom. The molecule has 6 nitrogen and oxygen atoms in total. The van der Waals surface area contributed by atoms with Gasteiger partial charge in [-0.1, -0.05) is 137 Å². The van der Waals surface area contributed by atoms with Crippen LogP contribution < -0.4 is 5.32 Å². The van der Waals surface area contributed by atoms with Crippen LogP contribution in [0.25, 0.3) is 90.9 Å². The van der Waals surface area contributed by atoms with E-state index in [0.29, 0.717) is 0 Å². The summed E-state index contributed by atoms with van der Waals surface area (Å²) in [4.78, 5) is 19.1. The van der Waals surface area contributed by atoms with Crippen molar-refractivity contribution in [2.45, 2.75) is 25.0 Å². The van der Waals surface area contributed by atoms with E-state index in [9.17, 15) is 0 Å². The summed E-state index contributed by atoms with van der Waals surface area (Å²) < 4.78 is 7.79. The van der Waals surface area contributed by atoms with Gasteiger partial charge in [0.25, 0.3) is 0 Å². The molecule has 1 fully saturated rings. The summed E-state index contributed by atoms with van der Waals surface area (Å²) in [5, 5.41) is 4.08. The maximum absolute atomic E-state index is 6.73. The summed E-state index contributed by atoms with van der Waals surface area (Å²) in [6, 6.07) is 55.8. The van der Waals surface area contributed by atoms with Crippen LogP contribution in [0.5, 0.6) is 0 Å². The van der Waals surface area contributed by atoms with Crippen molar-refractivity contribution in [3.05, 3.63) is 196 Å². The molecule has 4 aliphatic rings. The number of nitrogens with zero attached hydrogens (tertiary/aromatic N) is 2. The van der Waals surface area contributed by atoms with Gasteiger partial charge in [-0.25, -0.2) is 9.97 Å². The Labute approximate surface area is 374 Å². The summed E-state index contributed by atoms with van der Waals surface area (Å²) in [5.41, 5.74) is 19.5. The van der Waals surface area contributed by atoms with Crippen LogP contribution in [0.3, 0.4) is 0 Å². The van der Waals surface area contributed by atoms with Crippen molar-refractivity contribution in [2.75, 3.05) is 11.9 Å². The number of halogens is 1. The number of H-pyrrole nitrogens is 2. The Morgan fingerprint density at radius 2 is 1.02 bits per heavy atom. The van der Waals surface area contributed by atoms with Gasteiger partial charge in [-0.05, 0) is 95.8 Å².